The van der Waals surface area contributed by atoms with Gasteiger partial charge in [0.2, 0.25) is 5.70 Å². The van der Waals surface area contributed by atoms with Crippen molar-refractivity contribution < 1.29 is 4.92 Å². The van der Waals surface area contributed by atoms with Crippen molar-refractivity contribution in [3.05, 3.63) is 75.5 Å². The van der Waals surface area contributed by atoms with Gasteiger partial charge in [-0.25, -0.2) is 0 Å². The summed E-state index contributed by atoms with van der Waals surface area (Å²) in [5, 5.41) is 12.0. The zero-order valence-corrected chi connectivity index (χ0v) is 12.5. The maximum Gasteiger partial charge on any atom is 0.243 e. The Balaban J connectivity index is 2.32. The molecule has 0 spiro atoms. The summed E-state index contributed by atoms with van der Waals surface area (Å²) < 4.78 is 0. The van der Waals surface area contributed by atoms with Crippen molar-refractivity contribution >= 4 is 17.0 Å². The van der Waals surface area contributed by atoms with Crippen molar-refractivity contribution in [2.24, 2.45) is 0 Å². The third-order valence-corrected chi connectivity index (χ3v) is 3.70. The maximum absolute atomic E-state index is 11.0. The van der Waals surface area contributed by atoms with Crippen LogP contribution in [0.2, 0.25) is 0 Å². The second kappa shape index (κ2) is 5.48. The number of H-pyrrole nitrogens is 1. The Bertz CT molecular complexity index is 877. The first kappa shape index (κ1) is 14.1. The van der Waals surface area contributed by atoms with Crippen LogP contribution in [0.25, 0.3) is 28.2 Å². The van der Waals surface area contributed by atoms with Gasteiger partial charge in [-0.15, -0.1) is 0 Å². The van der Waals surface area contributed by atoms with E-state index in [1.807, 2.05) is 49.4 Å². The second-order valence-electron chi connectivity index (χ2n) is 5.37. The molecule has 0 radical (unpaired) electrons. The normalized spacial score (nSPS) is 11.8. The van der Waals surface area contributed by atoms with Crippen molar-refractivity contribution in [2.75, 3.05) is 0 Å². The lowest BCUT2D eigenvalue weighted by Gasteiger charge is -2.01. The van der Waals surface area contributed by atoms with E-state index < -0.39 is 0 Å². The van der Waals surface area contributed by atoms with Gasteiger partial charge in [0, 0.05) is 29.5 Å². The first-order valence-electron chi connectivity index (χ1n) is 7.06. The standard InChI is InChI=1S/C18H16N2O2/c1-12-8-9-17-15(10-12)16(11-13(2)20(21)22)18(19-17)14-6-4-3-5-7-14/h3-11,19H,1-2H3/b13-11-. The number of benzene rings is 2. The van der Waals surface area contributed by atoms with Gasteiger partial charge in [0.1, 0.15) is 0 Å². The molecule has 110 valence electrons. The Morgan fingerprint density at radius 2 is 1.91 bits per heavy atom. The Morgan fingerprint density at radius 3 is 2.59 bits per heavy atom. The number of fused-ring (bicyclic) bond motifs is 1. The van der Waals surface area contributed by atoms with Gasteiger partial charge >= 0.3 is 0 Å². The quantitative estimate of drug-likeness (QED) is 0.558. The number of hydrogen-bond donors (Lipinski definition) is 1. The van der Waals surface area contributed by atoms with Crippen LogP contribution in [0.3, 0.4) is 0 Å². The summed E-state index contributed by atoms with van der Waals surface area (Å²) in [7, 11) is 0. The Kier molecular flexibility index (Phi) is 3.51. The molecular formula is C18H16N2O2. The van der Waals surface area contributed by atoms with E-state index in [1.165, 1.54) is 6.92 Å². The van der Waals surface area contributed by atoms with Gasteiger partial charge in [-0.3, -0.25) is 10.1 Å². The molecule has 0 saturated carbocycles. The molecule has 0 aliphatic rings. The molecule has 0 fully saturated rings. The minimum absolute atomic E-state index is 0.125. The van der Waals surface area contributed by atoms with Gasteiger partial charge in [-0.2, -0.15) is 0 Å². The number of aromatic amines is 1. The average Bonchev–Trinajstić information content (AvgIpc) is 2.86. The molecule has 22 heavy (non-hydrogen) atoms. The SMILES string of the molecule is C/C(=C/c1c(-c2ccccc2)[nH]c2ccc(C)cc12)[N+](=O)[O-]. The van der Waals surface area contributed by atoms with E-state index in [9.17, 15) is 10.1 Å². The van der Waals surface area contributed by atoms with Gasteiger partial charge in [-0.1, -0.05) is 42.0 Å². The van der Waals surface area contributed by atoms with Crippen LogP contribution in [-0.2, 0) is 0 Å². The van der Waals surface area contributed by atoms with Crippen molar-refractivity contribution in [1.29, 1.82) is 0 Å². The summed E-state index contributed by atoms with van der Waals surface area (Å²) in [6.45, 7) is 3.53. The molecule has 1 heterocycles. The zero-order chi connectivity index (χ0) is 15.7. The van der Waals surface area contributed by atoms with Gasteiger partial charge in [0.05, 0.1) is 10.6 Å². The molecule has 0 aliphatic carbocycles. The van der Waals surface area contributed by atoms with E-state index in [-0.39, 0.29) is 10.6 Å². The number of aryl methyl sites for hydroxylation is 1. The fraction of sp³-hybridized carbons (Fsp3) is 0.111. The summed E-state index contributed by atoms with van der Waals surface area (Å²) in [5.74, 6) is 0. The Hall–Kier alpha value is -2.88. The Morgan fingerprint density at radius 1 is 1.18 bits per heavy atom. The van der Waals surface area contributed by atoms with E-state index in [4.69, 9.17) is 0 Å². The molecule has 0 atom stereocenters. The predicted octanol–water partition coefficient (Wildman–Crippen LogP) is 4.78. The minimum atomic E-state index is -0.358. The maximum atomic E-state index is 11.0. The molecule has 0 aliphatic heterocycles. The topological polar surface area (TPSA) is 58.9 Å². The third-order valence-electron chi connectivity index (χ3n) is 3.70. The molecule has 1 aromatic heterocycles. The molecule has 4 nitrogen and oxygen atoms in total. The lowest BCUT2D eigenvalue weighted by Crippen LogP contribution is -1.93. The summed E-state index contributed by atoms with van der Waals surface area (Å²) in [4.78, 5) is 14.0. The third kappa shape index (κ3) is 2.51. The largest absolute Gasteiger partial charge is 0.354 e. The summed E-state index contributed by atoms with van der Waals surface area (Å²) in [5.41, 5.74) is 5.01. The van der Waals surface area contributed by atoms with Gasteiger partial charge in [-0.05, 0) is 24.6 Å². The zero-order valence-electron chi connectivity index (χ0n) is 12.5. The van der Waals surface area contributed by atoms with Crippen LogP contribution in [0.1, 0.15) is 18.1 Å². The number of allylic oxidation sites excluding steroid dienone is 1. The lowest BCUT2D eigenvalue weighted by molar-refractivity contribution is -0.422. The lowest BCUT2D eigenvalue weighted by atomic mass is 10.0. The Labute approximate surface area is 128 Å². The highest BCUT2D eigenvalue weighted by atomic mass is 16.6. The van der Waals surface area contributed by atoms with Crippen molar-refractivity contribution in [3.8, 4) is 11.3 Å². The first-order chi connectivity index (χ1) is 10.6. The summed E-state index contributed by atoms with van der Waals surface area (Å²) in [6, 6.07) is 16.0. The van der Waals surface area contributed by atoms with E-state index in [0.717, 1.165) is 33.3 Å². The van der Waals surface area contributed by atoms with Crippen LogP contribution >= 0.6 is 0 Å². The van der Waals surface area contributed by atoms with Crippen LogP contribution in [-0.4, -0.2) is 9.91 Å². The number of nitrogens with zero attached hydrogens (tertiary/aromatic N) is 1. The van der Waals surface area contributed by atoms with E-state index >= 15 is 0 Å². The molecule has 4 heteroatoms. The highest BCUT2D eigenvalue weighted by Gasteiger charge is 2.14. The van der Waals surface area contributed by atoms with Crippen LogP contribution in [0.4, 0.5) is 0 Å². The monoisotopic (exact) mass is 292 g/mol. The number of nitro groups is 1. The molecule has 0 bridgehead atoms. The number of hydrogen-bond acceptors (Lipinski definition) is 2. The van der Waals surface area contributed by atoms with Crippen LogP contribution < -0.4 is 0 Å². The van der Waals surface area contributed by atoms with E-state index in [2.05, 4.69) is 11.1 Å². The van der Waals surface area contributed by atoms with E-state index in [0.29, 0.717) is 0 Å². The molecule has 2 aromatic carbocycles. The molecule has 3 aromatic rings. The van der Waals surface area contributed by atoms with Crippen LogP contribution in [0, 0.1) is 17.0 Å². The average molecular weight is 292 g/mol. The summed E-state index contributed by atoms with van der Waals surface area (Å²) in [6.07, 6.45) is 1.64. The highest BCUT2D eigenvalue weighted by molar-refractivity contribution is 5.97. The van der Waals surface area contributed by atoms with Crippen molar-refractivity contribution in [1.82, 2.24) is 4.98 Å². The summed E-state index contributed by atoms with van der Waals surface area (Å²) >= 11 is 0. The number of rotatable bonds is 3. The molecule has 0 saturated heterocycles. The number of nitrogens with one attached hydrogen (secondary N) is 1. The van der Waals surface area contributed by atoms with Crippen molar-refractivity contribution in [2.45, 2.75) is 13.8 Å². The molecule has 1 N–H and O–H groups in total. The minimum Gasteiger partial charge on any atom is -0.354 e. The van der Waals surface area contributed by atoms with Gasteiger partial charge in [0.15, 0.2) is 0 Å². The predicted molar refractivity (Wildman–Crippen MR) is 89.1 cm³/mol. The first-order valence-corrected chi connectivity index (χ1v) is 7.06. The smallest absolute Gasteiger partial charge is 0.243 e. The molecular weight excluding hydrogens is 276 g/mol. The number of aromatic nitrogens is 1. The fourth-order valence-corrected chi connectivity index (χ4v) is 2.57. The van der Waals surface area contributed by atoms with E-state index in [1.54, 1.807) is 6.08 Å². The van der Waals surface area contributed by atoms with Gasteiger partial charge < -0.3 is 4.98 Å². The molecule has 0 amide bonds. The molecule has 3 rings (SSSR count). The van der Waals surface area contributed by atoms with Crippen LogP contribution in [0.5, 0.6) is 0 Å². The molecule has 0 unspecified atom stereocenters. The highest BCUT2D eigenvalue weighted by Crippen LogP contribution is 2.32. The van der Waals surface area contributed by atoms with Gasteiger partial charge in [0.25, 0.3) is 0 Å². The second-order valence-corrected chi connectivity index (χ2v) is 5.37. The fourth-order valence-electron chi connectivity index (χ4n) is 2.57. The van der Waals surface area contributed by atoms with Crippen molar-refractivity contribution in [3.63, 3.8) is 0 Å². The van der Waals surface area contributed by atoms with Crippen LogP contribution in [0.15, 0.2) is 54.2 Å².